The molecular formula is C19H26N2OS. The molecule has 0 fully saturated rings. The van der Waals surface area contributed by atoms with Gasteiger partial charge in [-0.05, 0) is 49.9 Å². The Morgan fingerprint density at radius 2 is 2.00 bits per heavy atom. The molecule has 1 aromatic heterocycles. The minimum Gasteiger partial charge on any atom is -0.379 e. The molecule has 1 N–H and O–H groups in total. The van der Waals surface area contributed by atoms with E-state index in [1.165, 1.54) is 34.6 Å². The van der Waals surface area contributed by atoms with Gasteiger partial charge in [0.15, 0.2) is 0 Å². The molecule has 4 heteroatoms. The van der Waals surface area contributed by atoms with Crippen molar-refractivity contribution < 1.29 is 4.52 Å². The maximum absolute atomic E-state index is 5.49. The van der Waals surface area contributed by atoms with E-state index in [0.717, 1.165) is 30.8 Å². The van der Waals surface area contributed by atoms with Gasteiger partial charge in [0.2, 0.25) is 0 Å². The van der Waals surface area contributed by atoms with Crippen LogP contribution >= 0.6 is 11.8 Å². The lowest BCUT2D eigenvalue weighted by Gasteiger charge is -2.18. The zero-order chi connectivity index (χ0) is 16.4. The lowest BCUT2D eigenvalue weighted by atomic mass is 9.96. The average Bonchev–Trinajstić information content (AvgIpc) is 2.88. The van der Waals surface area contributed by atoms with Gasteiger partial charge in [-0.15, -0.1) is 11.8 Å². The Kier molecular flexibility index (Phi) is 4.72. The van der Waals surface area contributed by atoms with Crippen LogP contribution in [0.25, 0.3) is 0 Å². The van der Waals surface area contributed by atoms with E-state index < -0.39 is 0 Å². The highest BCUT2D eigenvalue weighted by atomic mass is 32.2. The molecule has 0 saturated heterocycles. The van der Waals surface area contributed by atoms with Gasteiger partial charge in [-0.25, -0.2) is 0 Å². The molecule has 1 heterocycles. The fraction of sp³-hybridized carbons (Fsp3) is 0.526. The largest absolute Gasteiger partial charge is 0.379 e. The van der Waals surface area contributed by atoms with Gasteiger partial charge in [0.25, 0.3) is 0 Å². The normalized spacial score (nSPS) is 14.6. The fourth-order valence-electron chi connectivity index (χ4n) is 3.02. The van der Waals surface area contributed by atoms with Crippen LogP contribution in [-0.2, 0) is 19.4 Å². The first kappa shape index (κ1) is 16.4. The van der Waals surface area contributed by atoms with Crippen LogP contribution in [0.5, 0.6) is 0 Å². The molecule has 1 aliphatic rings. The summed E-state index contributed by atoms with van der Waals surface area (Å²) in [6, 6.07) is 6.63. The zero-order valence-corrected chi connectivity index (χ0v) is 15.3. The number of anilines is 1. The minimum atomic E-state index is 0.237. The molecule has 0 saturated carbocycles. The van der Waals surface area contributed by atoms with Crippen LogP contribution in [0.1, 0.15) is 56.2 Å². The topological polar surface area (TPSA) is 38.1 Å². The molecule has 3 nitrogen and oxygen atoms in total. The van der Waals surface area contributed by atoms with Crippen LogP contribution in [0.3, 0.4) is 0 Å². The van der Waals surface area contributed by atoms with Gasteiger partial charge in [-0.3, -0.25) is 0 Å². The van der Waals surface area contributed by atoms with Gasteiger partial charge in [0.05, 0.1) is 6.54 Å². The average molecular weight is 330 g/mol. The van der Waals surface area contributed by atoms with Crippen molar-refractivity contribution >= 4 is 17.4 Å². The molecule has 0 amide bonds. The van der Waals surface area contributed by atoms with E-state index in [2.05, 4.69) is 56.4 Å². The van der Waals surface area contributed by atoms with E-state index in [9.17, 15) is 0 Å². The maximum Gasteiger partial charge on any atom is 0.140 e. The molecule has 3 rings (SSSR count). The summed E-state index contributed by atoms with van der Waals surface area (Å²) < 4.78 is 5.72. The number of aromatic nitrogens is 1. The lowest BCUT2D eigenvalue weighted by molar-refractivity contribution is 0.368. The maximum atomic E-state index is 5.49. The van der Waals surface area contributed by atoms with Crippen LogP contribution in [-0.4, -0.2) is 9.90 Å². The highest BCUT2D eigenvalue weighted by Gasteiger charge is 2.19. The molecule has 0 radical (unpaired) electrons. The van der Waals surface area contributed by atoms with Crippen molar-refractivity contribution in [1.82, 2.24) is 5.16 Å². The molecule has 0 bridgehead atoms. The molecule has 2 aromatic rings. The Labute approximate surface area is 143 Å². The van der Waals surface area contributed by atoms with Gasteiger partial charge >= 0.3 is 0 Å². The summed E-state index contributed by atoms with van der Waals surface area (Å²) in [5, 5.41) is 7.79. The molecule has 23 heavy (non-hydrogen) atoms. The van der Waals surface area contributed by atoms with E-state index >= 15 is 0 Å². The second-order valence-electron chi connectivity index (χ2n) is 7.28. The van der Waals surface area contributed by atoms with E-state index in [1.54, 1.807) is 0 Å². The van der Waals surface area contributed by atoms with Crippen LogP contribution in [0.4, 0.5) is 5.69 Å². The Bertz CT molecular complexity index is 685. The number of thioether (sulfide) groups is 1. The van der Waals surface area contributed by atoms with Gasteiger partial charge in [-0.2, -0.15) is 0 Å². The molecule has 0 atom stereocenters. The van der Waals surface area contributed by atoms with E-state index in [-0.39, 0.29) is 4.75 Å². The van der Waals surface area contributed by atoms with Crippen LogP contribution in [0.15, 0.2) is 27.6 Å². The smallest absolute Gasteiger partial charge is 0.140 e. The number of rotatable bonds is 4. The Hall–Kier alpha value is -1.42. The monoisotopic (exact) mass is 330 g/mol. The summed E-state index contributed by atoms with van der Waals surface area (Å²) in [5.41, 5.74) is 4.86. The number of aryl methyl sites for hydroxylation is 2. The fourth-order valence-corrected chi connectivity index (χ4v) is 4.10. The van der Waals surface area contributed by atoms with E-state index in [4.69, 9.17) is 4.52 Å². The summed E-state index contributed by atoms with van der Waals surface area (Å²) in [6.45, 7) is 9.63. The first-order chi connectivity index (χ1) is 10.9. The van der Waals surface area contributed by atoms with Crippen molar-refractivity contribution in [3.05, 3.63) is 40.8 Å². The number of hydrogen-bond donors (Lipinski definition) is 1. The summed E-state index contributed by atoms with van der Waals surface area (Å²) >= 11 is 1.90. The number of fused-ring (bicyclic) bond motifs is 1. The van der Waals surface area contributed by atoms with Crippen molar-refractivity contribution in [3.63, 3.8) is 0 Å². The van der Waals surface area contributed by atoms with Crippen LogP contribution in [0, 0.1) is 6.92 Å². The third kappa shape index (κ3) is 4.11. The highest BCUT2D eigenvalue weighted by Crippen LogP contribution is 2.34. The number of nitrogens with zero attached hydrogens (tertiary/aromatic N) is 1. The minimum absolute atomic E-state index is 0.237. The van der Waals surface area contributed by atoms with Crippen molar-refractivity contribution in [2.45, 2.75) is 69.6 Å². The molecule has 1 aromatic carbocycles. The Balaban J connectivity index is 1.68. The van der Waals surface area contributed by atoms with Crippen LogP contribution in [0.2, 0.25) is 0 Å². The van der Waals surface area contributed by atoms with Crippen molar-refractivity contribution in [1.29, 1.82) is 0 Å². The van der Waals surface area contributed by atoms with Crippen LogP contribution < -0.4 is 5.32 Å². The first-order valence-corrected chi connectivity index (χ1v) is 9.24. The summed E-state index contributed by atoms with van der Waals surface area (Å²) in [7, 11) is 0. The van der Waals surface area contributed by atoms with Crippen molar-refractivity contribution in [2.24, 2.45) is 0 Å². The van der Waals surface area contributed by atoms with E-state index in [1.807, 2.05) is 11.8 Å². The Morgan fingerprint density at radius 3 is 2.74 bits per heavy atom. The second kappa shape index (κ2) is 6.60. The second-order valence-corrected chi connectivity index (χ2v) is 9.18. The molecular weight excluding hydrogens is 304 g/mol. The third-order valence-corrected chi connectivity index (χ3v) is 5.20. The number of hydrogen-bond acceptors (Lipinski definition) is 4. The standard InChI is InChI=1S/C19H26N2OS/c1-13-11-14(23-19(2,3)4)9-10-16(13)20-12-17-15-7-5-6-8-18(15)22-21-17/h9-11,20H,5-8,12H2,1-4H3. The quantitative estimate of drug-likeness (QED) is 0.765. The summed E-state index contributed by atoms with van der Waals surface area (Å²) in [4.78, 5) is 1.32. The van der Waals surface area contributed by atoms with Gasteiger partial charge < -0.3 is 9.84 Å². The lowest BCUT2D eigenvalue weighted by Crippen LogP contribution is -2.08. The summed E-state index contributed by atoms with van der Waals surface area (Å²) in [5.74, 6) is 1.10. The van der Waals surface area contributed by atoms with Crippen molar-refractivity contribution in [3.8, 4) is 0 Å². The predicted molar refractivity (Wildman–Crippen MR) is 97.3 cm³/mol. The molecule has 1 aliphatic carbocycles. The molecule has 0 spiro atoms. The van der Waals surface area contributed by atoms with Crippen molar-refractivity contribution in [2.75, 3.05) is 5.32 Å². The first-order valence-electron chi connectivity index (χ1n) is 8.42. The molecule has 0 unspecified atom stereocenters. The SMILES string of the molecule is Cc1cc(SC(C)(C)C)ccc1NCc1noc2c1CCCC2. The number of benzene rings is 1. The zero-order valence-electron chi connectivity index (χ0n) is 14.5. The Morgan fingerprint density at radius 1 is 1.22 bits per heavy atom. The van der Waals surface area contributed by atoms with Gasteiger partial charge in [0.1, 0.15) is 11.5 Å². The van der Waals surface area contributed by atoms with Gasteiger partial charge in [-0.1, -0.05) is 25.9 Å². The van der Waals surface area contributed by atoms with E-state index in [0.29, 0.717) is 0 Å². The van der Waals surface area contributed by atoms with Gasteiger partial charge in [0, 0.05) is 27.3 Å². The highest BCUT2D eigenvalue weighted by molar-refractivity contribution is 8.00. The summed E-state index contributed by atoms with van der Waals surface area (Å²) in [6.07, 6.45) is 4.62. The number of nitrogens with one attached hydrogen (secondary N) is 1. The molecule has 0 aliphatic heterocycles. The predicted octanol–water partition coefficient (Wildman–Crippen LogP) is 5.36. The third-order valence-electron chi connectivity index (χ3n) is 4.10. The molecule has 124 valence electrons.